The minimum absolute atomic E-state index is 0.00739. The van der Waals surface area contributed by atoms with Crippen LogP contribution in [0, 0.1) is 23.2 Å². The van der Waals surface area contributed by atoms with Gasteiger partial charge < -0.3 is 15.9 Å². The van der Waals surface area contributed by atoms with Crippen LogP contribution in [-0.2, 0) is 25.6 Å². The highest BCUT2D eigenvalue weighted by atomic mass is 16.3. The molecule has 1 heterocycles. The summed E-state index contributed by atoms with van der Waals surface area (Å²) in [6.45, 7) is 1.68. The summed E-state index contributed by atoms with van der Waals surface area (Å²) in [7, 11) is 3.08. The van der Waals surface area contributed by atoms with E-state index >= 15 is 0 Å². The number of rotatable bonds is 2. The summed E-state index contributed by atoms with van der Waals surface area (Å²) in [5, 5.41) is 21.6. The van der Waals surface area contributed by atoms with Crippen molar-refractivity contribution in [1.82, 2.24) is 9.88 Å². The largest absolute Gasteiger partial charge is 0.506 e. The van der Waals surface area contributed by atoms with Crippen molar-refractivity contribution in [3.8, 4) is 5.75 Å². The number of hydrogen-bond acceptors (Lipinski definition) is 9. The summed E-state index contributed by atoms with van der Waals surface area (Å²) in [4.78, 5) is 70.3. The van der Waals surface area contributed by atoms with Crippen molar-refractivity contribution in [2.24, 2.45) is 28.9 Å². The van der Waals surface area contributed by atoms with Crippen LogP contribution in [-0.4, -0.2) is 74.9 Å². The number of ketones is 4. The van der Waals surface area contributed by atoms with E-state index in [4.69, 9.17) is 5.73 Å². The summed E-state index contributed by atoms with van der Waals surface area (Å²) in [5.74, 6) is -10.0. The highest BCUT2D eigenvalue weighted by Gasteiger charge is 2.71. The van der Waals surface area contributed by atoms with Gasteiger partial charge in [0.25, 0.3) is 0 Å². The summed E-state index contributed by atoms with van der Waals surface area (Å²) >= 11 is 0. The van der Waals surface area contributed by atoms with Crippen molar-refractivity contribution >= 4 is 29.0 Å². The number of likely N-dealkylation sites (N-methyl/N-ethyl adjacent to an activating group) is 1. The number of aromatic hydroxyl groups is 1. The first-order chi connectivity index (χ1) is 14.4. The van der Waals surface area contributed by atoms with Crippen LogP contribution in [0.15, 0.2) is 12.4 Å². The fourth-order valence-corrected chi connectivity index (χ4v) is 5.83. The minimum Gasteiger partial charge on any atom is -0.506 e. The molecule has 0 saturated heterocycles. The number of primary amides is 1. The third-order valence-corrected chi connectivity index (χ3v) is 7.10. The highest BCUT2D eigenvalue weighted by Crippen LogP contribution is 2.56. The molecule has 10 nitrogen and oxygen atoms in total. The first-order valence-corrected chi connectivity index (χ1v) is 9.86. The highest BCUT2D eigenvalue weighted by molar-refractivity contribution is 6.32. The van der Waals surface area contributed by atoms with Crippen LogP contribution in [0.1, 0.15) is 29.3 Å². The van der Waals surface area contributed by atoms with Gasteiger partial charge in [0.2, 0.25) is 5.91 Å². The predicted molar refractivity (Wildman–Crippen MR) is 104 cm³/mol. The molecule has 2 saturated carbocycles. The quantitative estimate of drug-likeness (QED) is 0.481. The molecular weight excluding hydrogens is 406 g/mol. The Hall–Kier alpha value is -2.98. The molecule has 0 spiro atoms. The zero-order valence-electron chi connectivity index (χ0n) is 17.3. The number of amides is 1. The topological polar surface area (TPSA) is 168 Å². The zero-order chi connectivity index (χ0) is 23.0. The van der Waals surface area contributed by atoms with E-state index in [-0.39, 0.29) is 18.4 Å². The summed E-state index contributed by atoms with van der Waals surface area (Å²) < 4.78 is 0. The van der Waals surface area contributed by atoms with Crippen LogP contribution in [0.3, 0.4) is 0 Å². The Kier molecular flexibility index (Phi) is 4.46. The molecule has 1 aromatic rings. The Morgan fingerprint density at radius 2 is 1.84 bits per heavy atom. The lowest BCUT2D eigenvalue weighted by Crippen LogP contribution is -2.75. The number of pyridine rings is 1. The molecule has 1 aromatic heterocycles. The van der Waals surface area contributed by atoms with Crippen molar-refractivity contribution in [3.63, 3.8) is 0 Å². The number of nitrogens with zero attached hydrogens (tertiary/aromatic N) is 2. The zero-order valence-corrected chi connectivity index (χ0v) is 17.3. The number of carbonyl (C=O) groups excluding carboxylic acids is 5. The summed E-state index contributed by atoms with van der Waals surface area (Å²) in [6, 6.07) is -1.12. The monoisotopic (exact) mass is 429 g/mol. The van der Waals surface area contributed by atoms with Crippen molar-refractivity contribution in [3.05, 3.63) is 23.5 Å². The first kappa shape index (κ1) is 21.3. The average molecular weight is 429 g/mol. The number of fused-ring (bicyclic) bond motifs is 3. The van der Waals surface area contributed by atoms with Gasteiger partial charge in [0.15, 0.2) is 34.7 Å². The molecule has 0 aromatic carbocycles. The lowest BCUT2D eigenvalue weighted by molar-refractivity contribution is -0.185. The number of hydrogen-bond donors (Lipinski definition) is 3. The molecule has 6 atom stereocenters. The normalized spacial score (nSPS) is 37.3. The molecule has 0 aliphatic heterocycles. The second-order valence-electron chi connectivity index (χ2n) is 9.27. The van der Waals surface area contributed by atoms with Gasteiger partial charge in [0.1, 0.15) is 5.75 Å². The smallest absolute Gasteiger partial charge is 0.235 e. The third kappa shape index (κ3) is 2.58. The summed E-state index contributed by atoms with van der Waals surface area (Å²) in [6.07, 6.45) is 2.69. The molecule has 4 rings (SSSR count). The standard InChI is InChI=1S/C21H23N3O7/c1-20-4-8-6-23-7-10(25)11(8)15(26)13(20)18(29)21(31)9(5-20)14(24(2)3)16(27)12(17(21)28)19(22)30/h6-7,9,12-14,25,31H,4-5H2,1-3H3,(H2,22,30)/t9-,12?,13?,14?,20-,21+/m0/s1. The molecular formula is C21H23N3O7. The molecule has 10 heteroatoms. The van der Waals surface area contributed by atoms with Crippen LogP contribution in [0.4, 0.5) is 0 Å². The lowest BCUT2D eigenvalue weighted by atomic mass is 9.47. The molecule has 164 valence electrons. The second kappa shape index (κ2) is 6.51. The maximum atomic E-state index is 13.6. The number of nitrogens with two attached hydrogens (primary N) is 1. The van der Waals surface area contributed by atoms with E-state index in [1.165, 1.54) is 11.1 Å². The van der Waals surface area contributed by atoms with Crippen molar-refractivity contribution < 1.29 is 34.2 Å². The maximum Gasteiger partial charge on any atom is 0.235 e. The fourth-order valence-electron chi connectivity index (χ4n) is 5.83. The fraction of sp³-hybridized carbons (Fsp3) is 0.524. The molecule has 1 amide bonds. The van der Waals surface area contributed by atoms with Gasteiger partial charge in [-0.1, -0.05) is 6.92 Å². The third-order valence-electron chi connectivity index (χ3n) is 7.10. The Morgan fingerprint density at radius 3 is 2.42 bits per heavy atom. The lowest BCUT2D eigenvalue weighted by Gasteiger charge is -2.56. The second-order valence-corrected chi connectivity index (χ2v) is 9.27. The van der Waals surface area contributed by atoms with E-state index in [1.54, 1.807) is 21.0 Å². The van der Waals surface area contributed by atoms with Gasteiger partial charge in [0.05, 0.1) is 23.7 Å². The van der Waals surface area contributed by atoms with Crippen molar-refractivity contribution in [1.29, 1.82) is 0 Å². The van der Waals surface area contributed by atoms with Crippen molar-refractivity contribution in [2.45, 2.75) is 31.4 Å². The molecule has 31 heavy (non-hydrogen) atoms. The van der Waals surface area contributed by atoms with Gasteiger partial charge in [-0.15, -0.1) is 0 Å². The molecule has 0 bridgehead atoms. The molecule has 4 N–H and O–H groups in total. The predicted octanol–water partition coefficient (Wildman–Crippen LogP) is -1.35. The molecule has 3 aliphatic rings. The number of aromatic nitrogens is 1. The van der Waals surface area contributed by atoms with Crippen LogP contribution in [0.2, 0.25) is 0 Å². The van der Waals surface area contributed by atoms with Gasteiger partial charge >= 0.3 is 0 Å². The van der Waals surface area contributed by atoms with Gasteiger partial charge in [-0.25, -0.2) is 0 Å². The van der Waals surface area contributed by atoms with Crippen LogP contribution < -0.4 is 5.73 Å². The summed E-state index contributed by atoms with van der Waals surface area (Å²) in [5.41, 5.74) is 1.91. The van der Waals surface area contributed by atoms with Crippen LogP contribution in [0.25, 0.3) is 0 Å². The Bertz CT molecular complexity index is 1070. The SMILES string of the molecule is CN(C)C1C(=O)C(C(N)=O)C(=O)[C@@]2(O)C(=O)C3C(=O)c4c(O)cncc4C[C@@]3(C)C[C@@H]12. The molecule has 0 radical (unpaired) electrons. The van der Waals surface area contributed by atoms with Gasteiger partial charge in [-0.3, -0.25) is 33.9 Å². The maximum absolute atomic E-state index is 13.6. The van der Waals surface area contributed by atoms with E-state index in [2.05, 4.69) is 4.98 Å². The number of Topliss-reactive ketones (excluding diaryl/α,β-unsaturated/α-hetero) is 4. The van der Waals surface area contributed by atoms with Gasteiger partial charge in [-0.05, 0) is 37.9 Å². The number of aliphatic hydroxyl groups is 1. The molecule has 2 fully saturated rings. The van der Waals surface area contributed by atoms with E-state index in [9.17, 15) is 34.2 Å². The van der Waals surface area contributed by atoms with E-state index in [1.807, 2.05) is 0 Å². The molecule has 3 aliphatic carbocycles. The Labute approximate surface area is 177 Å². The Balaban J connectivity index is 1.92. The van der Waals surface area contributed by atoms with Crippen LogP contribution >= 0.6 is 0 Å². The van der Waals surface area contributed by atoms with E-state index in [0.29, 0.717) is 5.56 Å². The minimum atomic E-state index is -2.72. The van der Waals surface area contributed by atoms with E-state index in [0.717, 1.165) is 6.20 Å². The first-order valence-electron chi connectivity index (χ1n) is 9.86. The van der Waals surface area contributed by atoms with Crippen LogP contribution in [0.5, 0.6) is 5.75 Å². The Morgan fingerprint density at radius 1 is 1.19 bits per heavy atom. The van der Waals surface area contributed by atoms with Gasteiger partial charge in [0, 0.05) is 12.1 Å². The van der Waals surface area contributed by atoms with Gasteiger partial charge in [-0.2, -0.15) is 0 Å². The van der Waals surface area contributed by atoms with Crippen molar-refractivity contribution in [2.75, 3.05) is 14.1 Å². The van der Waals surface area contributed by atoms with E-state index < -0.39 is 69.6 Å². The molecule has 3 unspecified atom stereocenters. The average Bonchev–Trinajstić information content (AvgIpc) is 2.64. The number of carbonyl (C=O) groups is 5.